The molecule has 0 aromatic carbocycles. The van der Waals surface area contributed by atoms with Gasteiger partial charge in [-0.05, 0) is 48.3 Å². The van der Waals surface area contributed by atoms with E-state index in [1.54, 1.807) is 0 Å². The van der Waals surface area contributed by atoms with Crippen LogP contribution in [0.4, 0.5) is 5.82 Å². The monoisotopic (exact) mass is 410 g/mol. The smallest absolute Gasteiger partial charge is 0.165 e. The number of anilines is 1. The van der Waals surface area contributed by atoms with Gasteiger partial charge in [-0.1, -0.05) is 5.21 Å². The number of hydrogen-bond donors (Lipinski definition) is 1. The van der Waals surface area contributed by atoms with Gasteiger partial charge in [-0.2, -0.15) is 5.10 Å². The molecular formula is C13H15IN8. The van der Waals surface area contributed by atoms with E-state index in [4.69, 9.17) is 5.73 Å². The molecular weight excluding hydrogens is 395 g/mol. The van der Waals surface area contributed by atoms with E-state index < -0.39 is 0 Å². The summed E-state index contributed by atoms with van der Waals surface area (Å²) >= 11 is 2.15. The van der Waals surface area contributed by atoms with Gasteiger partial charge in [-0.25, -0.2) is 14.6 Å². The fraction of sp³-hybridized carbons (Fsp3) is 0.462. The third-order valence-electron chi connectivity index (χ3n) is 3.97. The van der Waals surface area contributed by atoms with Gasteiger partial charge in [0.05, 0.1) is 17.6 Å². The molecule has 0 radical (unpaired) electrons. The lowest BCUT2D eigenvalue weighted by Gasteiger charge is -2.09. The van der Waals surface area contributed by atoms with Crippen LogP contribution in [-0.4, -0.2) is 34.7 Å². The van der Waals surface area contributed by atoms with Crippen molar-refractivity contribution in [3.05, 3.63) is 21.9 Å². The molecule has 1 fully saturated rings. The maximum Gasteiger partial charge on any atom is 0.165 e. The first-order valence-corrected chi connectivity index (χ1v) is 8.25. The molecule has 1 atom stereocenters. The van der Waals surface area contributed by atoms with Crippen molar-refractivity contribution in [3.63, 3.8) is 0 Å². The molecule has 0 spiro atoms. The minimum atomic E-state index is -0.0618. The summed E-state index contributed by atoms with van der Waals surface area (Å²) in [6, 6.07) is -0.0618. The average Bonchev–Trinajstić information content (AvgIpc) is 3.06. The molecule has 0 aliphatic heterocycles. The molecule has 1 saturated carbocycles. The molecule has 0 bridgehead atoms. The molecule has 3 aromatic heterocycles. The second kappa shape index (κ2) is 5.14. The summed E-state index contributed by atoms with van der Waals surface area (Å²) in [4.78, 5) is 8.36. The summed E-state index contributed by atoms with van der Waals surface area (Å²) in [5, 5.41) is 13.8. The van der Waals surface area contributed by atoms with Crippen LogP contribution in [0.1, 0.15) is 31.5 Å². The highest BCUT2D eigenvalue weighted by atomic mass is 127. The van der Waals surface area contributed by atoms with Gasteiger partial charge in [0.1, 0.15) is 21.5 Å². The molecule has 4 rings (SSSR count). The van der Waals surface area contributed by atoms with Gasteiger partial charge in [0.2, 0.25) is 0 Å². The molecule has 114 valence electrons. The van der Waals surface area contributed by atoms with E-state index in [0.717, 1.165) is 32.9 Å². The summed E-state index contributed by atoms with van der Waals surface area (Å²) < 4.78 is 4.55. The first-order valence-electron chi connectivity index (χ1n) is 7.17. The standard InChI is InChI=1S/C13H15IN8/c1-7(9-5-21(20-18-9)4-8-2-3-8)22-13-10(11(14)19-22)12(15)16-6-17-13/h5-8H,2-4H2,1H3,(H2,15,16,17). The first kappa shape index (κ1) is 13.9. The lowest BCUT2D eigenvalue weighted by atomic mass is 10.2. The Morgan fingerprint density at radius 1 is 1.41 bits per heavy atom. The third kappa shape index (κ3) is 2.32. The quantitative estimate of drug-likeness (QED) is 0.657. The maximum atomic E-state index is 5.93. The van der Waals surface area contributed by atoms with Crippen LogP contribution in [0.3, 0.4) is 0 Å². The van der Waals surface area contributed by atoms with Crippen molar-refractivity contribution in [1.82, 2.24) is 34.7 Å². The van der Waals surface area contributed by atoms with Gasteiger partial charge in [0.25, 0.3) is 0 Å². The van der Waals surface area contributed by atoms with Crippen LogP contribution >= 0.6 is 22.6 Å². The molecule has 1 unspecified atom stereocenters. The van der Waals surface area contributed by atoms with Gasteiger partial charge < -0.3 is 5.73 Å². The fourth-order valence-electron chi connectivity index (χ4n) is 2.51. The Morgan fingerprint density at radius 3 is 3.00 bits per heavy atom. The molecule has 1 aliphatic rings. The topological polar surface area (TPSA) is 100 Å². The molecule has 3 aromatic rings. The summed E-state index contributed by atoms with van der Waals surface area (Å²) in [5.41, 5.74) is 7.53. The van der Waals surface area contributed by atoms with Crippen molar-refractivity contribution in [2.45, 2.75) is 32.4 Å². The fourth-order valence-corrected chi connectivity index (χ4v) is 3.26. The van der Waals surface area contributed by atoms with Crippen molar-refractivity contribution >= 4 is 39.4 Å². The van der Waals surface area contributed by atoms with Gasteiger partial charge >= 0.3 is 0 Å². The highest BCUT2D eigenvalue weighted by Crippen LogP contribution is 2.31. The number of halogens is 1. The van der Waals surface area contributed by atoms with Crippen molar-refractivity contribution in [1.29, 1.82) is 0 Å². The van der Waals surface area contributed by atoms with E-state index in [9.17, 15) is 0 Å². The minimum absolute atomic E-state index is 0.0618. The Morgan fingerprint density at radius 2 is 2.23 bits per heavy atom. The molecule has 22 heavy (non-hydrogen) atoms. The van der Waals surface area contributed by atoms with E-state index in [2.05, 4.69) is 48.0 Å². The number of aromatic nitrogens is 7. The van der Waals surface area contributed by atoms with Gasteiger partial charge in [-0.3, -0.25) is 4.68 Å². The van der Waals surface area contributed by atoms with E-state index in [-0.39, 0.29) is 6.04 Å². The zero-order valence-corrected chi connectivity index (χ0v) is 14.2. The summed E-state index contributed by atoms with van der Waals surface area (Å²) in [6.07, 6.45) is 6.04. The average molecular weight is 410 g/mol. The maximum absolute atomic E-state index is 5.93. The minimum Gasteiger partial charge on any atom is -0.383 e. The molecule has 8 nitrogen and oxygen atoms in total. The Kier molecular flexibility index (Phi) is 3.24. The second-order valence-electron chi connectivity index (χ2n) is 5.68. The Labute approximate surface area is 140 Å². The van der Waals surface area contributed by atoms with Crippen LogP contribution in [0.5, 0.6) is 0 Å². The lowest BCUT2D eigenvalue weighted by Crippen LogP contribution is -2.10. The summed E-state index contributed by atoms with van der Waals surface area (Å²) in [6.45, 7) is 2.98. The Balaban J connectivity index is 1.71. The number of nitrogens with zero attached hydrogens (tertiary/aromatic N) is 7. The highest BCUT2D eigenvalue weighted by molar-refractivity contribution is 14.1. The van der Waals surface area contributed by atoms with Gasteiger partial charge in [-0.15, -0.1) is 5.10 Å². The van der Waals surface area contributed by atoms with Gasteiger partial charge in [0.15, 0.2) is 5.65 Å². The van der Waals surface area contributed by atoms with E-state index in [1.165, 1.54) is 19.2 Å². The number of rotatable bonds is 4. The van der Waals surface area contributed by atoms with Crippen molar-refractivity contribution in [3.8, 4) is 0 Å². The zero-order chi connectivity index (χ0) is 15.3. The van der Waals surface area contributed by atoms with E-state index >= 15 is 0 Å². The van der Waals surface area contributed by atoms with Crippen molar-refractivity contribution in [2.75, 3.05) is 5.73 Å². The largest absolute Gasteiger partial charge is 0.383 e. The molecule has 3 heterocycles. The lowest BCUT2D eigenvalue weighted by molar-refractivity contribution is 0.543. The molecule has 0 saturated heterocycles. The van der Waals surface area contributed by atoms with E-state index in [1.807, 2.05) is 22.5 Å². The first-order chi connectivity index (χ1) is 10.6. The summed E-state index contributed by atoms with van der Waals surface area (Å²) in [7, 11) is 0. The highest BCUT2D eigenvalue weighted by Gasteiger charge is 2.24. The number of nitrogen functional groups attached to an aromatic ring is 1. The normalized spacial score (nSPS) is 16.3. The molecule has 2 N–H and O–H groups in total. The SMILES string of the molecule is CC(c1cn(CC2CC2)nn1)n1nc(I)c2c(N)ncnc21. The number of hydrogen-bond acceptors (Lipinski definition) is 6. The van der Waals surface area contributed by atoms with Crippen LogP contribution in [0.2, 0.25) is 0 Å². The molecule has 0 amide bonds. The van der Waals surface area contributed by atoms with Crippen molar-refractivity contribution < 1.29 is 0 Å². The van der Waals surface area contributed by atoms with Crippen LogP contribution in [0.15, 0.2) is 12.5 Å². The predicted molar refractivity (Wildman–Crippen MR) is 89.0 cm³/mol. The van der Waals surface area contributed by atoms with Gasteiger partial charge in [0, 0.05) is 6.54 Å². The summed E-state index contributed by atoms with van der Waals surface area (Å²) in [5.74, 6) is 1.22. The van der Waals surface area contributed by atoms with E-state index in [0.29, 0.717) is 5.82 Å². The third-order valence-corrected chi connectivity index (χ3v) is 4.72. The zero-order valence-electron chi connectivity index (χ0n) is 12.0. The second-order valence-corrected chi connectivity index (χ2v) is 6.70. The van der Waals surface area contributed by atoms with Crippen LogP contribution in [0.25, 0.3) is 11.0 Å². The molecule has 9 heteroatoms. The Hall–Kier alpha value is -1.78. The predicted octanol–water partition coefficient (Wildman–Crippen LogP) is 1.62. The van der Waals surface area contributed by atoms with Crippen molar-refractivity contribution in [2.24, 2.45) is 5.92 Å². The van der Waals surface area contributed by atoms with Crippen LogP contribution in [-0.2, 0) is 6.54 Å². The number of fused-ring (bicyclic) bond motifs is 1. The number of nitrogens with two attached hydrogens (primary N) is 1. The van der Waals surface area contributed by atoms with Crippen LogP contribution in [0, 0.1) is 9.62 Å². The van der Waals surface area contributed by atoms with Crippen LogP contribution < -0.4 is 5.73 Å². The Bertz CT molecular complexity index is 834. The molecule has 1 aliphatic carbocycles.